The monoisotopic (exact) mass is 576 g/mol. The minimum Gasteiger partial charge on any atom is -0.351 e. The second kappa shape index (κ2) is 10.8. The molecule has 1 unspecified atom stereocenters. The van der Waals surface area contributed by atoms with Crippen LogP contribution >= 0.6 is 11.6 Å². The topological polar surface area (TPSA) is 125 Å². The fourth-order valence-electron chi connectivity index (χ4n) is 4.49. The summed E-state index contributed by atoms with van der Waals surface area (Å²) in [4.78, 5) is 62.6. The number of piperidine rings is 1. The number of halogens is 4. The summed E-state index contributed by atoms with van der Waals surface area (Å²) in [6.07, 6.45) is -3.70. The van der Waals surface area contributed by atoms with Crippen molar-refractivity contribution in [2.24, 2.45) is 0 Å². The molecule has 0 saturated carbocycles. The van der Waals surface area contributed by atoms with Crippen molar-refractivity contribution < 1.29 is 37.1 Å². The van der Waals surface area contributed by atoms with Gasteiger partial charge >= 0.3 is 6.18 Å². The number of nitrogens with one attached hydrogen (secondary N) is 3. The summed E-state index contributed by atoms with van der Waals surface area (Å²) < 4.78 is 38.8. The van der Waals surface area contributed by atoms with E-state index in [9.17, 15) is 37.1 Å². The summed E-state index contributed by atoms with van der Waals surface area (Å²) in [5.41, 5.74) is -0.637. The molecule has 0 aromatic heterocycles. The molecule has 13 heteroatoms. The first-order valence-electron chi connectivity index (χ1n) is 12.1. The molecule has 2 aromatic rings. The zero-order valence-corrected chi connectivity index (χ0v) is 22.1. The highest BCUT2D eigenvalue weighted by atomic mass is 35.5. The van der Waals surface area contributed by atoms with Gasteiger partial charge in [0.25, 0.3) is 11.8 Å². The molecule has 2 aliphatic heterocycles. The Morgan fingerprint density at radius 3 is 2.48 bits per heavy atom. The number of amides is 5. The normalized spacial score (nSPS) is 18.0. The van der Waals surface area contributed by atoms with Gasteiger partial charge in [0.15, 0.2) is 0 Å². The lowest BCUT2D eigenvalue weighted by atomic mass is 9.93. The van der Waals surface area contributed by atoms with Gasteiger partial charge in [-0.1, -0.05) is 29.8 Å². The van der Waals surface area contributed by atoms with Crippen molar-refractivity contribution in [2.75, 3.05) is 5.32 Å². The van der Waals surface area contributed by atoms with Gasteiger partial charge in [-0.25, -0.2) is 0 Å². The summed E-state index contributed by atoms with van der Waals surface area (Å²) >= 11 is 5.75. The highest BCUT2D eigenvalue weighted by Gasteiger charge is 2.42. The first kappa shape index (κ1) is 28.8. The van der Waals surface area contributed by atoms with Gasteiger partial charge in [-0.2, -0.15) is 13.2 Å². The van der Waals surface area contributed by atoms with Gasteiger partial charge in [-0.15, -0.1) is 0 Å². The number of hydrogen-bond acceptors (Lipinski definition) is 6. The van der Waals surface area contributed by atoms with E-state index in [0.29, 0.717) is 16.8 Å². The van der Waals surface area contributed by atoms with Gasteiger partial charge in [0.05, 0.1) is 22.5 Å². The molecular formula is C27H24ClF3N4O5. The Balaban J connectivity index is 1.43. The summed E-state index contributed by atoms with van der Waals surface area (Å²) in [5, 5.41) is 7.33. The number of hydrogen-bond donors (Lipinski definition) is 3. The molecule has 0 bridgehead atoms. The third-order valence-corrected chi connectivity index (χ3v) is 6.81. The van der Waals surface area contributed by atoms with Crippen LogP contribution < -0.4 is 16.0 Å². The maximum atomic E-state index is 12.9. The van der Waals surface area contributed by atoms with E-state index in [0.717, 1.165) is 23.1 Å². The Labute approximate surface area is 231 Å². The molecule has 1 saturated heterocycles. The third-order valence-electron chi connectivity index (χ3n) is 6.49. The number of carbonyl (C=O) groups excluding carboxylic acids is 5. The maximum absolute atomic E-state index is 12.9. The van der Waals surface area contributed by atoms with Crippen LogP contribution in [0.5, 0.6) is 0 Å². The Morgan fingerprint density at radius 1 is 1.10 bits per heavy atom. The summed E-state index contributed by atoms with van der Waals surface area (Å²) in [7, 11) is 0. The lowest BCUT2D eigenvalue weighted by molar-refractivity contribution is -0.149. The largest absolute Gasteiger partial charge is 0.417 e. The van der Waals surface area contributed by atoms with Crippen LogP contribution in [0.3, 0.4) is 0 Å². The molecule has 5 amide bonds. The van der Waals surface area contributed by atoms with Crippen molar-refractivity contribution in [3.05, 3.63) is 76.0 Å². The molecule has 0 spiro atoms. The number of rotatable bonds is 7. The van der Waals surface area contributed by atoms with Gasteiger partial charge in [0.2, 0.25) is 17.7 Å². The highest BCUT2D eigenvalue weighted by Crippen LogP contribution is 2.35. The molecule has 9 nitrogen and oxygen atoms in total. The molecule has 1 atom stereocenters. The van der Waals surface area contributed by atoms with Crippen molar-refractivity contribution in [2.45, 2.75) is 50.9 Å². The van der Waals surface area contributed by atoms with Crippen LogP contribution in [0.25, 0.3) is 0 Å². The summed E-state index contributed by atoms with van der Waals surface area (Å²) in [6.45, 7) is 3.44. The van der Waals surface area contributed by atoms with Gasteiger partial charge in [0, 0.05) is 18.2 Å². The van der Waals surface area contributed by atoms with E-state index in [1.807, 2.05) is 0 Å². The standard InChI is InChI=1S/C27H24ClF3N4O5/c1-26(2,34-22(37)11-14-6-7-17(18(28)10-14)27(29,30)31)15-4-3-5-16(12-15)32-19-13-23(38)35(25(19)40)20-8-9-21(36)33-24(20)39/h3-7,10,12-13,20,32H,8-9,11H2,1-2H3,(H,34,37)(H,33,36,39). The lowest BCUT2D eigenvalue weighted by Gasteiger charge is -2.28. The van der Waals surface area contributed by atoms with Crippen molar-refractivity contribution in [1.82, 2.24) is 15.5 Å². The highest BCUT2D eigenvalue weighted by molar-refractivity contribution is 6.31. The zero-order valence-electron chi connectivity index (χ0n) is 21.3. The number of benzene rings is 2. The van der Waals surface area contributed by atoms with Crippen LogP contribution in [0, 0.1) is 0 Å². The minimum absolute atomic E-state index is 0.00494. The number of nitrogens with zero attached hydrogens (tertiary/aromatic N) is 1. The average Bonchev–Trinajstić information content (AvgIpc) is 3.10. The van der Waals surface area contributed by atoms with Crippen molar-refractivity contribution in [1.29, 1.82) is 0 Å². The number of alkyl halides is 3. The molecule has 3 N–H and O–H groups in total. The zero-order chi connectivity index (χ0) is 29.4. The first-order chi connectivity index (χ1) is 18.7. The Kier molecular flexibility index (Phi) is 7.75. The third kappa shape index (κ3) is 6.17. The smallest absolute Gasteiger partial charge is 0.351 e. The van der Waals surface area contributed by atoms with E-state index in [4.69, 9.17) is 11.6 Å². The van der Waals surface area contributed by atoms with Gasteiger partial charge < -0.3 is 10.6 Å². The van der Waals surface area contributed by atoms with Crippen molar-refractivity contribution in [3.63, 3.8) is 0 Å². The molecular weight excluding hydrogens is 553 g/mol. The summed E-state index contributed by atoms with van der Waals surface area (Å²) in [5.74, 6) is -3.05. The maximum Gasteiger partial charge on any atom is 0.417 e. The second-order valence-electron chi connectivity index (χ2n) is 9.91. The fraction of sp³-hybridized carbons (Fsp3) is 0.296. The lowest BCUT2D eigenvalue weighted by Crippen LogP contribution is -2.54. The summed E-state index contributed by atoms with van der Waals surface area (Å²) in [6, 6.07) is 8.73. The molecule has 4 rings (SSSR count). The molecule has 2 aromatic carbocycles. The predicted molar refractivity (Wildman–Crippen MR) is 137 cm³/mol. The Bertz CT molecular complexity index is 1450. The van der Waals surface area contributed by atoms with E-state index in [-0.39, 0.29) is 25.0 Å². The van der Waals surface area contributed by atoms with Gasteiger partial charge in [0.1, 0.15) is 11.7 Å². The van der Waals surface area contributed by atoms with Crippen LogP contribution in [0.2, 0.25) is 5.02 Å². The van der Waals surface area contributed by atoms with Crippen molar-refractivity contribution in [3.8, 4) is 0 Å². The van der Waals surface area contributed by atoms with Crippen LogP contribution in [0.15, 0.2) is 54.2 Å². The second-order valence-corrected chi connectivity index (χ2v) is 10.3. The van der Waals surface area contributed by atoms with E-state index < -0.39 is 57.9 Å². The number of carbonyl (C=O) groups is 5. The molecule has 210 valence electrons. The van der Waals surface area contributed by atoms with Crippen LogP contribution in [-0.4, -0.2) is 40.5 Å². The van der Waals surface area contributed by atoms with E-state index >= 15 is 0 Å². The average molecular weight is 577 g/mol. The minimum atomic E-state index is -4.60. The van der Waals surface area contributed by atoms with Crippen LogP contribution in [0.1, 0.15) is 43.4 Å². The number of anilines is 1. The molecule has 2 aliphatic rings. The van der Waals surface area contributed by atoms with Crippen molar-refractivity contribution >= 4 is 46.8 Å². The predicted octanol–water partition coefficient (Wildman–Crippen LogP) is 3.42. The molecule has 1 fully saturated rings. The quantitative estimate of drug-likeness (QED) is 0.434. The first-order valence-corrected chi connectivity index (χ1v) is 12.5. The molecule has 40 heavy (non-hydrogen) atoms. The van der Waals surface area contributed by atoms with Gasteiger partial charge in [-0.3, -0.25) is 34.2 Å². The Hall–Kier alpha value is -4.19. The van der Waals surface area contributed by atoms with Crippen LogP contribution in [0.4, 0.5) is 18.9 Å². The van der Waals surface area contributed by atoms with Gasteiger partial charge in [-0.05, 0) is 55.7 Å². The number of imide groups is 2. The van der Waals surface area contributed by atoms with E-state index in [2.05, 4.69) is 16.0 Å². The Morgan fingerprint density at radius 2 is 1.82 bits per heavy atom. The van der Waals surface area contributed by atoms with E-state index in [1.54, 1.807) is 38.1 Å². The molecule has 0 radical (unpaired) electrons. The molecule has 2 heterocycles. The van der Waals surface area contributed by atoms with Crippen LogP contribution in [-0.2, 0) is 42.1 Å². The fourth-order valence-corrected chi connectivity index (χ4v) is 4.80. The van der Waals surface area contributed by atoms with E-state index in [1.165, 1.54) is 6.07 Å². The SMILES string of the molecule is CC(C)(NC(=O)Cc1ccc(C(F)(F)F)c(Cl)c1)c1cccc(NC2=CC(=O)N(C3CCC(=O)NC3=O)C2=O)c1. The molecule has 0 aliphatic carbocycles.